The summed E-state index contributed by atoms with van der Waals surface area (Å²) in [5, 5.41) is 0. The molecule has 0 bridgehead atoms. The van der Waals surface area contributed by atoms with E-state index in [1.54, 1.807) is 18.2 Å². The SMILES string of the molecule is Nc1ccccc1S(=O)(=O)NC1Cc2ccccc2C1. The van der Waals surface area contributed by atoms with Gasteiger partial charge >= 0.3 is 0 Å². The molecule has 0 fully saturated rings. The first kappa shape index (κ1) is 13.1. The van der Waals surface area contributed by atoms with Gasteiger partial charge in [-0.2, -0.15) is 0 Å². The van der Waals surface area contributed by atoms with Crippen molar-refractivity contribution in [3.05, 3.63) is 59.7 Å². The molecule has 3 N–H and O–H groups in total. The summed E-state index contributed by atoms with van der Waals surface area (Å²) in [5.74, 6) is 0. The summed E-state index contributed by atoms with van der Waals surface area (Å²) in [5.41, 5.74) is 8.44. The maximum absolute atomic E-state index is 12.4. The van der Waals surface area contributed by atoms with E-state index in [-0.39, 0.29) is 16.6 Å². The number of hydrogen-bond acceptors (Lipinski definition) is 3. The Kier molecular flexibility index (Phi) is 3.23. The first-order valence-electron chi connectivity index (χ1n) is 6.50. The molecule has 0 heterocycles. The average Bonchev–Trinajstić information content (AvgIpc) is 2.80. The van der Waals surface area contributed by atoms with Gasteiger partial charge in [0.15, 0.2) is 0 Å². The van der Waals surface area contributed by atoms with Crippen molar-refractivity contribution in [1.82, 2.24) is 4.72 Å². The summed E-state index contributed by atoms with van der Waals surface area (Å²) in [7, 11) is -3.57. The first-order chi connectivity index (χ1) is 9.56. The molecular formula is C15H16N2O2S. The van der Waals surface area contributed by atoms with E-state index in [1.165, 1.54) is 17.2 Å². The standard InChI is InChI=1S/C15H16N2O2S/c16-14-7-3-4-8-15(14)20(18,19)17-13-9-11-5-1-2-6-12(11)10-13/h1-8,13,17H,9-10,16H2. The van der Waals surface area contributed by atoms with Gasteiger partial charge in [0.2, 0.25) is 10.0 Å². The molecule has 0 spiro atoms. The molecule has 0 radical (unpaired) electrons. The Labute approximate surface area is 118 Å². The Morgan fingerprint density at radius 3 is 2.10 bits per heavy atom. The van der Waals surface area contributed by atoms with Crippen molar-refractivity contribution < 1.29 is 8.42 Å². The number of nitrogens with two attached hydrogens (primary N) is 1. The molecular weight excluding hydrogens is 272 g/mol. The van der Waals surface area contributed by atoms with Gasteiger partial charge in [-0.05, 0) is 36.1 Å². The largest absolute Gasteiger partial charge is 0.398 e. The maximum Gasteiger partial charge on any atom is 0.242 e. The minimum atomic E-state index is -3.57. The van der Waals surface area contributed by atoms with E-state index < -0.39 is 10.0 Å². The van der Waals surface area contributed by atoms with Crippen LogP contribution in [-0.2, 0) is 22.9 Å². The minimum absolute atomic E-state index is 0.1000. The summed E-state index contributed by atoms with van der Waals surface area (Å²) in [6.45, 7) is 0. The second-order valence-corrected chi connectivity index (χ2v) is 6.72. The Balaban J connectivity index is 1.81. The van der Waals surface area contributed by atoms with Gasteiger partial charge in [-0.1, -0.05) is 36.4 Å². The Morgan fingerprint density at radius 1 is 0.950 bits per heavy atom. The van der Waals surface area contributed by atoms with Gasteiger partial charge in [0.1, 0.15) is 4.90 Å². The average molecular weight is 288 g/mol. The van der Waals surface area contributed by atoms with E-state index in [9.17, 15) is 8.42 Å². The highest BCUT2D eigenvalue weighted by molar-refractivity contribution is 7.89. The predicted octanol–water partition coefficient (Wildman–Crippen LogP) is 1.71. The third-order valence-electron chi connectivity index (χ3n) is 3.58. The summed E-state index contributed by atoms with van der Waals surface area (Å²) < 4.78 is 27.5. The van der Waals surface area contributed by atoms with Crippen LogP contribution in [0.2, 0.25) is 0 Å². The van der Waals surface area contributed by atoms with E-state index in [4.69, 9.17) is 5.73 Å². The van der Waals surface area contributed by atoms with Crippen molar-refractivity contribution in [1.29, 1.82) is 0 Å². The van der Waals surface area contributed by atoms with Crippen molar-refractivity contribution in [3.63, 3.8) is 0 Å². The number of fused-ring (bicyclic) bond motifs is 1. The van der Waals surface area contributed by atoms with Crippen LogP contribution in [0.5, 0.6) is 0 Å². The zero-order valence-electron chi connectivity index (χ0n) is 10.9. The van der Waals surface area contributed by atoms with Crippen molar-refractivity contribution in [3.8, 4) is 0 Å². The second kappa shape index (κ2) is 4.92. The Hall–Kier alpha value is -1.85. The molecule has 0 aromatic heterocycles. The first-order valence-corrected chi connectivity index (χ1v) is 7.98. The second-order valence-electron chi connectivity index (χ2n) is 5.03. The summed E-state index contributed by atoms with van der Waals surface area (Å²) >= 11 is 0. The number of para-hydroxylation sites is 1. The van der Waals surface area contributed by atoms with Crippen LogP contribution in [0.25, 0.3) is 0 Å². The fraction of sp³-hybridized carbons (Fsp3) is 0.200. The van der Waals surface area contributed by atoms with Crippen LogP contribution in [0.1, 0.15) is 11.1 Å². The molecule has 4 nitrogen and oxygen atoms in total. The normalized spacial score (nSPS) is 15.2. The summed E-state index contributed by atoms with van der Waals surface area (Å²) in [4.78, 5) is 0.149. The molecule has 0 saturated heterocycles. The molecule has 1 aliphatic carbocycles. The molecule has 2 aromatic rings. The number of benzene rings is 2. The fourth-order valence-electron chi connectivity index (χ4n) is 2.65. The Morgan fingerprint density at radius 2 is 1.50 bits per heavy atom. The number of sulfonamides is 1. The fourth-order valence-corrected chi connectivity index (χ4v) is 4.02. The summed E-state index contributed by atoms with van der Waals surface area (Å²) in [6, 6.07) is 14.5. The highest BCUT2D eigenvalue weighted by Gasteiger charge is 2.27. The lowest BCUT2D eigenvalue weighted by Crippen LogP contribution is -2.35. The van der Waals surface area contributed by atoms with Crippen molar-refractivity contribution in [2.75, 3.05) is 5.73 Å². The molecule has 5 heteroatoms. The maximum atomic E-state index is 12.4. The van der Waals surface area contributed by atoms with Gasteiger partial charge in [0.25, 0.3) is 0 Å². The lowest BCUT2D eigenvalue weighted by atomic mass is 10.1. The van der Waals surface area contributed by atoms with Crippen LogP contribution in [0, 0.1) is 0 Å². The van der Waals surface area contributed by atoms with Crippen molar-refractivity contribution >= 4 is 15.7 Å². The van der Waals surface area contributed by atoms with Gasteiger partial charge in [-0.3, -0.25) is 0 Å². The molecule has 0 unspecified atom stereocenters. The number of hydrogen-bond donors (Lipinski definition) is 2. The van der Waals surface area contributed by atoms with Crippen LogP contribution >= 0.6 is 0 Å². The molecule has 20 heavy (non-hydrogen) atoms. The zero-order chi connectivity index (χ0) is 14.2. The van der Waals surface area contributed by atoms with E-state index >= 15 is 0 Å². The molecule has 0 amide bonds. The summed E-state index contributed by atoms with van der Waals surface area (Å²) in [6.07, 6.45) is 1.45. The van der Waals surface area contributed by atoms with Crippen LogP contribution in [-0.4, -0.2) is 14.5 Å². The third kappa shape index (κ3) is 2.42. The molecule has 0 aliphatic heterocycles. The lowest BCUT2D eigenvalue weighted by molar-refractivity contribution is 0.556. The molecule has 0 atom stereocenters. The number of anilines is 1. The quantitative estimate of drug-likeness (QED) is 0.845. The molecule has 104 valence electrons. The molecule has 2 aromatic carbocycles. The van der Waals surface area contributed by atoms with Crippen molar-refractivity contribution in [2.45, 2.75) is 23.8 Å². The van der Waals surface area contributed by atoms with Crippen molar-refractivity contribution in [2.24, 2.45) is 0 Å². The van der Waals surface area contributed by atoms with Crippen LogP contribution < -0.4 is 10.5 Å². The highest BCUT2D eigenvalue weighted by atomic mass is 32.2. The van der Waals surface area contributed by atoms with E-state index in [0.717, 1.165) is 12.8 Å². The van der Waals surface area contributed by atoms with Gasteiger partial charge < -0.3 is 5.73 Å². The minimum Gasteiger partial charge on any atom is -0.398 e. The third-order valence-corrected chi connectivity index (χ3v) is 5.18. The molecule has 3 rings (SSSR count). The van der Waals surface area contributed by atoms with E-state index in [1.807, 2.05) is 24.3 Å². The van der Waals surface area contributed by atoms with Gasteiger partial charge in [0.05, 0.1) is 5.69 Å². The van der Waals surface area contributed by atoms with Crippen LogP contribution in [0.4, 0.5) is 5.69 Å². The number of rotatable bonds is 3. The molecule has 1 aliphatic rings. The van der Waals surface area contributed by atoms with E-state index in [0.29, 0.717) is 0 Å². The monoisotopic (exact) mass is 288 g/mol. The number of nitrogens with one attached hydrogen (secondary N) is 1. The van der Waals surface area contributed by atoms with Gasteiger partial charge in [0, 0.05) is 6.04 Å². The topological polar surface area (TPSA) is 72.2 Å². The smallest absolute Gasteiger partial charge is 0.242 e. The van der Waals surface area contributed by atoms with Gasteiger partial charge in [-0.15, -0.1) is 0 Å². The van der Waals surface area contributed by atoms with Crippen LogP contribution in [0.15, 0.2) is 53.4 Å². The van der Waals surface area contributed by atoms with E-state index in [2.05, 4.69) is 4.72 Å². The lowest BCUT2D eigenvalue weighted by Gasteiger charge is -2.13. The van der Waals surface area contributed by atoms with Crippen LogP contribution in [0.3, 0.4) is 0 Å². The number of nitrogen functional groups attached to an aromatic ring is 1. The Bertz CT molecular complexity index is 716. The van der Waals surface area contributed by atoms with Gasteiger partial charge in [-0.25, -0.2) is 13.1 Å². The predicted molar refractivity (Wildman–Crippen MR) is 78.8 cm³/mol. The highest BCUT2D eigenvalue weighted by Crippen LogP contribution is 2.24. The zero-order valence-corrected chi connectivity index (χ0v) is 11.7. The molecule has 0 saturated carbocycles.